The van der Waals surface area contributed by atoms with E-state index < -0.39 is 11.4 Å². The van der Waals surface area contributed by atoms with Gasteiger partial charge in [-0.3, -0.25) is 9.59 Å². The molecule has 3 rings (SSSR count). The quantitative estimate of drug-likeness (QED) is 0.755. The van der Waals surface area contributed by atoms with Gasteiger partial charge in [-0.2, -0.15) is 0 Å². The number of ether oxygens (including phenoxy) is 1. The number of aliphatic carboxylic acids is 1. The van der Waals surface area contributed by atoms with Gasteiger partial charge in [0, 0.05) is 17.5 Å². The summed E-state index contributed by atoms with van der Waals surface area (Å²) in [6, 6.07) is 7.59. The minimum atomic E-state index is -0.850. The SMILES string of the molecule is CCCOc1ccc(-c2nc(C(=O)NCC3(C(=O)O)CC3)cs2)cc1. The van der Waals surface area contributed by atoms with Gasteiger partial charge in [-0.05, 0) is 43.5 Å². The smallest absolute Gasteiger partial charge is 0.311 e. The van der Waals surface area contributed by atoms with Crippen molar-refractivity contribution >= 4 is 23.2 Å². The number of hydrogen-bond acceptors (Lipinski definition) is 5. The molecule has 1 amide bonds. The molecule has 1 heterocycles. The molecule has 0 saturated heterocycles. The molecule has 0 atom stereocenters. The van der Waals surface area contributed by atoms with Crippen molar-refractivity contribution in [1.29, 1.82) is 0 Å². The fourth-order valence-corrected chi connectivity index (χ4v) is 3.19. The molecule has 0 unspecified atom stereocenters. The molecule has 2 N–H and O–H groups in total. The summed E-state index contributed by atoms with van der Waals surface area (Å²) in [6.45, 7) is 2.88. The van der Waals surface area contributed by atoms with Gasteiger partial charge in [0.1, 0.15) is 16.5 Å². The molecular weight excluding hydrogens is 340 g/mol. The van der Waals surface area contributed by atoms with Gasteiger partial charge in [0.05, 0.1) is 12.0 Å². The maximum absolute atomic E-state index is 12.2. The second-order valence-corrected chi connectivity index (χ2v) is 7.04. The molecule has 1 aliphatic carbocycles. The Morgan fingerprint density at radius 3 is 2.64 bits per heavy atom. The van der Waals surface area contributed by atoms with E-state index in [2.05, 4.69) is 17.2 Å². The van der Waals surface area contributed by atoms with Crippen LogP contribution in [0.2, 0.25) is 0 Å². The van der Waals surface area contributed by atoms with Crippen molar-refractivity contribution in [3.63, 3.8) is 0 Å². The molecule has 25 heavy (non-hydrogen) atoms. The highest BCUT2D eigenvalue weighted by molar-refractivity contribution is 7.13. The number of nitrogens with zero attached hydrogens (tertiary/aromatic N) is 1. The minimum absolute atomic E-state index is 0.150. The summed E-state index contributed by atoms with van der Waals surface area (Å²) in [5.41, 5.74) is 0.452. The molecule has 1 aromatic carbocycles. The van der Waals surface area contributed by atoms with Crippen LogP contribution < -0.4 is 10.1 Å². The third kappa shape index (κ3) is 3.99. The van der Waals surface area contributed by atoms with Crippen LogP contribution in [0.25, 0.3) is 10.6 Å². The van der Waals surface area contributed by atoms with Crippen LogP contribution in [0.15, 0.2) is 29.6 Å². The van der Waals surface area contributed by atoms with E-state index in [1.165, 1.54) is 11.3 Å². The standard InChI is InChI=1S/C18H20N2O4S/c1-2-9-24-13-5-3-12(4-6-13)16-20-14(10-25-16)15(21)19-11-18(7-8-18)17(22)23/h3-6,10H,2,7-9,11H2,1H3,(H,19,21)(H,22,23). The van der Waals surface area contributed by atoms with E-state index in [1.54, 1.807) is 5.38 Å². The molecule has 2 aromatic rings. The third-order valence-electron chi connectivity index (χ3n) is 4.21. The highest BCUT2D eigenvalue weighted by atomic mass is 32.1. The first-order valence-electron chi connectivity index (χ1n) is 8.24. The molecule has 7 heteroatoms. The van der Waals surface area contributed by atoms with Crippen molar-refractivity contribution in [2.75, 3.05) is 13.2 Å². The highest BCUT2D eigenvalue weighted by Gasteiger charge is 2.50. The van der Waals surface area contributed by atoms with Gasteiger partial charge in [-0.1, -0.05) is 6.92 Å². The first-order chi connectivity index (χ1) is 12.0. The molecule has 1 saturated carbocycles. The molecular formula is C18H20N2O4S. The maximum atomic E-state index is 12.2. The van der Waals surface area contributed by atoms with Gasteiger partial charge < -0.3 is 15.2 Å². The molecule has 0 bridgehead atoms. The predicted octanol–water partition coefficient (Wildman–Crippen LogP) is 3.19. The second kappa shape index (κ2) is 7.23. The topological polar surface area (TPSA) is 88.5 Å². The normalized spacial score (nSPS) is 14.8. The second-order valence-electron chi connectivity index (χ2n) is 6.18. The Morgan fingerprint density at radius 2 is 2.04 bits per heavy atom. The summed E-state index contributed by atoms with van der Waals surface area (Å²) in [7, 11) is 0. The van der Waals surface area contributed by atoms with Crippen LogP contribution in [0, 0.1) is 5.41 Å². The van der Waals surface area contributed by atoms with Crippen LogP contribution in [0.4, 0.5) is 0 Å². The van der Waals surface area contributed by atoms with Gasteiger partial charge in [0.15, 0.2) is 0 Å². The van der Waals surface area contributed by atoms with Crippen molar-refractivity contribution < 1.29 is 19.4 Å². The Labute approximate surface area is 149 Å². The number of thiazole rings is 1. The zero-order valence-electron chi connectivity index (χ0n) is 13.9. The Balaban J connectivity index is 1.61. The summed E-state index contributed by atoms with van der Waals surface area (Å²) in [4.78, 5) is 27.7. The van der Waals surface area contributed by atoms with Crippen molar-refractivity contribution in [3.8, 4) is 16.3 Å². The summed E-state index contributed by atoms with van der Waals surface area (Å²) in [6.07, 6.45) is 2.17. The van der Waals surface area contributed by atoms with E-state index in [-0.39, 0.29) is 12.5 Å². The van der Waals surface area contributed by atoms with Crippen LogP contribution in [0.3, 0.4) is 0 Å². The van der Waals surface area contributed by atoms with E-state index in [0.717, 1.165) is 22.7 Å². The molecule has 6 nitrogen and oxygen atoms in total. The number of carbonyl (C=O) groups excluding carboxylic acids is 1. The zero-order valence-corrected chi connectivity index (χ0v) is 14.8. The Bertz CT molecular complexity index is 766. The molecule has 1 fully saturated rings. The fourth-order valence-electron chi connectivity index (χ4n) is 2.38. The van der Waals surface area contributed by atoms with Gasteiger partial charge in [0.2, 0.25) is 0 Å². The van der Waals surface area contributed by atoms with Gasteiger partial charge in [0.25, 0.3) is 5.91 Å². The van der Waals surface area contributed by atoms with E-state index in [9.17, 15) is 9.59 Å². The number of carbonyl (C=O) groups is 2. The van der Waals surface area contributed by atoms with E-state index >= 15 is 0 Å². The number of carboxylic acid groups (broad SMARTS) is 1. The highest BCUT2D eigenvalue weighted by Crippen LogP contribution is 2.45. The number of amides is 1. The fraction of sp³-hybridized carbons (Fsp3) is 0.389. The van der Waals surface area contributed by atoms with Crippen LogP contribution >= 0.6 is 11.3 Å². The monoisotopic (exact) mass is 360 g/mol. The first kappa shape index (κ1) is 17.4. The summed E-state index contributed by atoms with van der Waals surface area (Å²) in [5.74, 6) is -0.376. The molecule has 1 aromatic heterocycles. The predicted molar refractivity (Wildman–Crippen MR) is 95.0 cm³/mol. The summed E-state index contributed by atoms with van der Waals surface area (Å²) < 4.78 is 5.55. The minimum Gasteiger partial charge on any atom is -0.494 e. The van der Waals surface area contributed by atoms with Crippen LogP contribution in [0.1, 0.15) is 36.7 Å². The Kier molecular flexibility index (Phi) is 5.03. The average molecular weight is 360 g/mol. The number of nitrogens with one attached hydrogen (secondary N) is 1. The maximum Gasteiger partial charge on any atom is 0.311 e. The number of hydrogen-bond donors (Lipinski definition) is 2. The van der Waals surface area contributed by atoms with Gasteiger partial charge in [-0.25, -0.2) is 4.98 Å². The number of carboxylic acids is 1. The number of benzene rings is 1. The lowest BCUT2D eigenvalue weighted by Crippen LogP contribution is -2.34. The van der Waals surface area contributed by atoms with Crippen LogP contribution in [-0.4, -0.2) is 35.1 Å². The summed E-state index contributed by atoms with van der Waals surface area (Å²) >= 11 is 1.38. The van der Waals surface area contributed by atoms with Gasteiger partial charge >= 0.3 is 5.97 Å². The largest absolute Gasteiger partial charge is 0.494 e. The Hall–Kier alpha value is -2.41. The first-order valence-corrected chi connectivity index (χ1v) is 9.12. The average Bonchev–Trinajstić information content (AvgIpc) is 3.26. The van der Waals surface area contributed by atoms with Crippen molar-refractivity contribution in [1.82, 2.24) is 10.3 Å². The lowest BCUT2D eigenvalue weighted by molar-refractivity contribution is -0.143. The van der Waals surface area contributed by atoms with Crippen molar-refractivity contribution in [2.45, 2.75) is 26.2 Å². The van der Waals surface area contributed by atoms with Gasteiger partial charge in [-0.15, -0.1) is 11.3 Å². The zero-order chi connectivity index (χ0) is 17.9. The number of rotatable bonds is 8. The number of aromatic nitrogens is 1. The molecule has 0 aliphatic heterocycles. The lowest BCUT2D eigenvalue weighted by Gasteiger charge is -2.09. The molecule has 132 valence electrons. The van der Waals surface area contributed by atoms with E-state index in [1.807, 2.05) is 24.3 Å². The lowest BCUT2D eigenvalue weighted by atomic mass is 10.1. The van der Waals surface area contributed by atoms with Crippen LogP contribution in [-0.2, 0) is 4.79 Å². The van der Waals surface area contributed by atoms with Crippen molar-refractivity contribution in [2.24, 2.45) is 5.41 Å². The molecule has 0 radical (unpaired) electrons. The van der Waals surface area contributed by atoms with E-state index in [0.29, 0.717) is 25.1 Å². The molecule has 0 spiro atoms. The Morgan fingerprint density at radius 1 is 1.32 bits per heavy atom. The van der Waals surface area contributed by atoms with E-state index in [4.69, 9.17) is 9.84 Å². The molecule has 1 aliphatic rings. The van der Waals surface area contributed by atoms with Crippen LogP contribution in [0.5, 0.6) is 5.75 Å². The third-order valence-corrected chi connectivity index (χ3v) is 5.10. The van der Waals surface area contributed by atoms with Crippen molar-refractivity contribution in [3.05, 3.63) is 35.3 Å². The summed E-state index contributed by atoms with van der Waals surface area (Å²) in [5, 5.41) is 14.3.